The predicted molar refractivity (Wildman–Crippen MR) is 143 cm³/mol. The van der Waals surface area contributed by atoms with Crippen LogP contribution in [0, 0.1) is 0 Å². The highest BCUT2D eigenvalue weighted by molar-refractivity contribution is 5.93. The molecule has 3 aromatic rings. The lowest BCUT2D eigenvalue weighted by molar-refractivity contribution is -0.0933. The summed E-state index contributed by atoms with van der Waals surface area (Å²) in [7, 11) is 0. The lowest BCUT2D eigenvalue weighted by atomic mass is 9.89. The molecule has 0 unspecified atom stereocenters. The third-order valence-corrected chi connectivity index (χ3v) is 7.91. The molecule has 0 radical (unpaired) electrons. The topological polar surface area (TPSA) is 78.5 Å². The smallest absolute Gasteiger partial charge is 0.319 e. The average molecular weight is 486 g/mol. The molecule has 188 valence electrons. The minimum absolute atomic E-state index is 0.150. The lowest BCUT2D eigenvalue weighted by Gasteiger charge is -2.50. The van der Waals surface area contributed by atoms with Crippen molar-refractivity contribution in [1.82, 2.24) is 15.2 Å². The van der Waals surface area contributed by atoms with E-state index in [-0.39, 0.29) is 12.1 Å². The van der Waals surface area contributed by atoms with Gasteiger partial charge in [-0.25, -0.2) is 9.78 Å². The minimum atomic E-state index is -0.150. The van der Waals surface area contributed by atoms with E-state index in [0.717, 1.165) is 61.3 Å². The first-order valence-corrected chi connectivity index (χ1v) is 13.2. The van der Waals surface area contributed by atoms with Gasteiger partial charge in [0.25, 0.3) is 0 Å². The van der Waals surface area contributed by atoms with Gasteiger partial charge >= 0.3 is 6.03 Å². The highest BCUT2D eigenvalue weighted by Gasteiger charge is 2.40. The number of hydrogen-bond donors (Lipinski definition) is 3. The number of aryl methyl sites for hydroxylation is 1. The Kier molecular flexibility index (Phi) is 6.27. The molecule has 36 heavy (non-hydrogen) atoms. The molecule has 2 aromatic carbocycles. The number of amides is 2. The van der Waals surface area contributed by atoms with E-state index in [4.69, 9.17) is 9.72 Å². The number of fused-ring (bicyclic) bond motifs is 4. The van der Waals surface area contributed by atoms with Gasteiger partial charge in [-0.3, -0.25) is 4.90 Å². The zero-order valence-corrected chi connectivity index (χ0v) is 21.0. The summed E-state index contributed by atoms with van der Waals surface area (Å²) < 4.78 is 5.79. The van der Waals surface area contributed by atoms with E-state index in [0.29, 0.717) is 24.2 Å². The zero-order valence-electron chi connectivity index (χ0n) is 21.0. The lowest BCUT2D eigenvalue weighted by Crippen LogP contribution is -2.62. The van der Waals surface area contributed by atoms with E-state index in [1.54, 1.807) is 0 Å². The fourth-order valence-corrected chi connectivity index (χ4v) is 6.43. The maximum Gasteiger partial charge on any atom is 0.319 e. The second-order valence-corrected chi connectivity index (χ2v) is 10.7. The van der Waals surface area contributed by atoms with Crippen molar-refractivity contribution in [3.8, 4) is 0 Å². The number of hydrogen-bond acceptors (Lipinski definition) is 5. The number of carbonyl (C=O) groups excluding carboxylic acids is 1. The van der Waals surface area contributed by atoms with Gasteiger partial charge in [0.15, 0.2) is 0 Å². The predicted octanol–water partition coefficient (Wildman–Crippen LogP) is 5.10. The zero-order chi connectivity index (χ0) is 24.6. The molecule has 3 N–H and O–H groups in total. The monoisotopic (exact) mass is 485 g/mol. The highest BCUT2D eigenvalue weighted by atomic mass is 16.5. The van der Waals surface area contributed by atoms with Crippen molar-refractivity contribution >= 4 is 28.4 Å². The maximum absolute atomic E-state index is 12.8. The van der Waals surface area contributed by atoms with Crippen LogP contribution in [0.1, 0.15) is 50.3 Å². The van der Waals surface area contributed by atoms with Crippen molar-refractivity contribution in [2.75, 3.05) is 23.8 Å². The molecule has 3 heterocycles. The Hall–Kier alpha value is -3.16. The first kappa shape index (κ1) is 23.3. The third kappa shape index (κ3) is 4.65. The molecule has 0 saturated carbocycles. The Morgan fingerprint density at radius 2 is 1.86 bits per heavy atom. The van der Waals surface area contributed by atoms with Gasteiger partial charge in [-0.05, 0) is 81.0 Å². The standard InChI is InChI=1S/C29H35N5O2/c1-18(2)34-23-14-22(15-24(34)17-36-16-23)31-29(35)30-21-9-11-26-20(13-21)8-12-28(32-26)33-27-10-7-19-5-3-4-6-25(19)27/h3-6,8-9,11-13,18,22-24,27H,7,10,14-17H2,1-2H3,(H,32,33)(H2,30,31,35)/t22-,23+,24-,27-/m1/s1. The van der Waals surface area contributed by atoms with E-state index in [1.165, 1.54) is 11.1 Å². The van der Waals surface area contributed by atoms with Gasteiger partial charge in [0, 0.05) is 35.2 Å². The Balaban J connectivity index is 1.08. The number of anilines is 2. The normalized spacial score (nSPS) is 25.5. The van der Waals surface area contributed by atoms with Gasteiger partial charge in [-0.1, -0.05) is 24.3 Å². The molecule has 4 atom stereocenters. The van der Waals surface area contributed by atoms with Crippen molar-refractivity contribution in [2.45, 2.75) is 69.7 Å². The molecule has 6 rings (SSSR count). The number of nitrogens with zero attached hydrogens (tertiary/aromatic N) is 2. The van der Waals surface area contributed by atoms with Crippen molar-refractivity contribution in [2.24, 2.45) is 0 Å². The van der Waals surface area contributed by atoms with Crippen molar-refractivity contribution in [3.63, 3.8) is 0 Å². The van der Waals surface area contributed by atoms with Crippen LogP contribution in [0.2, 0.25) is 0 Å². The molecule has 3 aliphatic rings. The van der Waals surface area contributed by atoms with Crippen LogP contribution in [-0.2, 0) is 11.2 Å². The fourth-order valence-electron chi connectivity index (χ4n) is 6.43. The minimum Gasteiger partial charge on any atom is -0.378 e. The van der Waals surface area contributed by atoms with Gasteiger partial charge in [0.1, 0.15) is 5.82 Å². The molecule has 2 fully saturated rings. The number of piperidine rings is 1. The quantitative estimate of drug-likeness (QED) is 0.469. The Morgan fingerprint density at radius 1 is 1.06 bits per heavy atom. The summed E-state index contributed by atoms with van der Waals surface area (Å²) in [6, 6.07) is 20.2. The van der Waals surface area contributed by atoms with E-state index >= 15 is 0 Å². The summed E-state index contributed by atoms with van der Waals surface area (Å²) in [6.45, 7) is 5.98. The number of carbonyl (C=O) groups is 1. The first-order valence-electron chi connectivity index (χ1n) is 13.2. The van der Waals surface area contributed by atoms with Crippen LogP contribution in [-0.4, -0.2) is 53.3 Å². The van der Waals surface area contributed by atoms with Gasteiger partial charge in [-0.15, -0.1) is 0 Å². The fraction of sp³-hybridized carbons (Fsp3) is 0.448. The van der Waals surface area contributed by atoms with E-state index in [9.17, 15) is 4.79 Å². The van der Waals surface area contributed by atoms with Crippen LogP contribution in [0.25, 0.3) is 10.9 Å². The number of urea groups is 1. The molecule has 2 amide bonds. The number of benzene rings is 2. The molecule has 0 spiro atoms. The van der Waals surface area contributed by atoms with E-state index in [2.05, 4.69) is 65.0 Å². The SMILES string of the molecule is CC(C)N1[C@@H]2COC[C@H]1C[C@H](NC(=O)Nc1ccc3nc(N[C@@H]4CCc5ccccc54)ccc3c1)C2. The molecule has 2 aliphatic heterocycles. The van der Waals surface area contributed by atoms with Crippen LogP contribution in [0.15, 0.2) is 54.6 Å². The van der Waals surface area contributed by atoms with Gasteiger partial charge in [0.05, 0.1) is 24.8 Å². The molecular formula is C29H35N5O2. The number of aromatic nitrogens is 1. The number of nitrogens with one attached hydrogen (secondary N) is 3. The van der Waals surface area contributed by atoms with Crippen molar-refractivity contribution < 1.29 is 9.53 Å². The summed E-state index contributed by atoms with van der Waals surface area (Å²) in [5, 5.41) is 10.8. The maximum atomic E-state index is 12.8. The van der Waals surface area contributed by atoms with Crippen LogP contribution >= 0.6 is 0 Å². The van der Waals surface area contributed by atoms with Gasteiger partial charge in [-0.2, -0.15) is 0 Å². The molecule has 2 saturated heterocycles. The Bertz CT molecular complexity index is 1250. The molecule has 7 nitrogen and oxygen atoms in total. The third-order valence-electron chi connectivity index (χ3n) is 7.91. The van der Waals surface area contributed by atoms with Crippen LogP contribution in [0.4, 0.5) is 16.3 Å². The number of ether oxygens (including phenoxy) is 1. The number of pyridine rings is 1. The molecule has 1 aliphatic carbocycles. The summed E-state index contributed by atoms with van der Waals surface area (Å²) >= 11 is 0. The second-order valence-electron chi connectivity index (χ2n) is 10.7. The summed E-state index contributed by atoms with van der Waals surface area (Å²) in [5.74, 6) is 0.880. The van der Waals surface area contributed by atoms with Crippen LogP contribution < -0.4 is 16.0 Å². The molecule has 2 bridgehead atoms. The van der Waals surface area contributed by atoms with Crippen molar-refractivity contribution in [3.05, 3.63) is 65.7 Å². The summed E-state index contributed by atoms with van der Waals surface area (Å²) in [5.41, 5.74) is 4.48. The van der Waals surface area contributed by atoms with Crippen molar-refractivity contribution in [1.29, 1.82) is 0 Å². The van der Waals surface area contributed by atoms with Crippen LogP contribution in [0.5, 0.6) is 0 Å². The van der Waals surface area contributed by atoms with Gasteiger partial charge in [0.2, 0.25) is 0 Å². The Morgan fingerprint density at radius 3 is 2.67 bits per heavy atom. The Labute approximate surface area is 212 Å². The number of rotatable bonds is 5. The first-order chi connectivity index (χ1) is 17.5. The molecule has 1 aromatic heterocycles. The highest BCUT2D eigenvalue weighted by Crippen LogP contribution is 2.34. The second kappa shape index (κ2) is 9.71. The largest absolute Gasteiger partial charge is 0.378 e. The molecule has 7 heteroatoms. The summed E-state index contributed by atoms with van der Waals surface area (Å²) in [6.07, 6.45) is 4.03. The van der Waals surface area contributed by atoms with Gasteiger partial charge < -0.3 is 20.7 Å². The van der Waals surface area contributed by atoms with Crippen LogP contribution in [0.3, 0.4) is 0 Å². The average Bonchev–Trinajstić information content (AvgIpc) is 3.26. The molecular weight excluding hydrogens is 450 g/mol. The number of morpholine rings is 1. The van der Waals surface area contributed by atoms with E-state index < -0.39 is 0 Å². The summed E-state index contributed by atoms with van der Waals surface area (Å²) in [4.78, 5) is 20.2. The van der Waals surface area contributed by atoms with E-state index in [1.807, 2.05) is 24.3 Å².